The zero-order valence-corrected chi connectivity index (χ0v) is 50.1. The van der Waals surface area contributed by atoms with E-state index < -0.39 is 67.4 Å². The standard InChI is InChI=1S/C66H123NO10/c1-4-7-10-13-16-19-22-25-27-28-29-30-31-32-33-34-35-38-41-44-47-50-53-59(70)65(74)67-57(58(69)52-49-46-43-40-37-24-21-18-15-12-9-6-3)56-75-66-64(63(73)62(72)60(55-68)76-66)77-61(71)54-51-48-45-42-39-36-26-23-20-17-14-11-8-5-2/h25,27,36,39,49,52,57-60,62-64,66,68-70,72-73H,4-24,26,28-35,37-38,40-48,50-51,53-56H2,1-3H3,(H,67,74)/b27-25+,39-36-,52-49+. The van der Waals surface area contributed by atoms with E-state index >= 15 is 0 Å². The molecule has 1 saturated heterocycles. The van der Waals surface area contributed by atoms with Gasteiger partial charge in [-0.15, -0.1) is 0 Å². The fraction of sp³-hybridized carbons (Fsp3) is 0.879. The molecule has 1 amide bonds. The Hall–Kier alpha value is -2.12. The molecule has 1 aliphatic heterocycles. The first-order valence-electron chi connectivity index (χ1n) is 32.8. The van der Waals surface area contributed by atoms with Gasteiger partial charge in [-0.3, -0.25) is 9.59 Å². The minimum Gasteiger partial charge on any atom is -0.454 e. The van der Waals surface area contributed by atoms with Crippen LogP contribution in [0.3, 0.4) is 0 Å². The minimum atomic E-state index is -1.62. The topological polar surface area (TPSA) is 175 Å². The Morgan fingerprint density at radius 3 is 1.26 bits per heavy atom. The molecular formula is C66H123NO10. The maximum Gasteiger partial charge on any atom is 0.306 e. The van der Waals surface area contributed by atoms with Crippen LogP contribution in [0.2, 0.25) is 0 Å². The van der Waals surface area contributed by atoms with Gasteiger partial charge in [-0.05, 0) is 77.0 Å². The summed E-state index contributed by atoms with van der Waals surface area (Å²) in [6, 6.07) is -1.02. The summed E-state index contributed by atoms with van der Waals surface area (Å²) in [6.07, 6.45) is 54.8. The van der Waals surface area contributed by atoms with E-state index in [9.17, 15) is 35.1 Å². The molecular weight excluding hydrogens is 967 g/mol. The zero-order chi connectivity index (χ0) is 56.1. The summed E-state index contributed by atoms with van der Waals surface area (Å²) in [5.41, 5.74) is 0. The Bertz CT molecular complexity index is 1390. The fourth-order valence-corrected chi connectivity index (χ4v) is 10.3. The molecule has 1 rings (SSSR count). The Kier molecular flexibility index (Phi) is 51.6. The summed E-state index contributed by atoms with van der Waals surface area (Å²) in [7, 11) is 0. The van der Waals surface area contributed by atoms with Crippen molar-refractivity contribution in [2.75, 3.05) is 13.2 Å². The van der Waals surface area contributed by atoms with Crippen molar-refractivity contribution in [2.24, 2.45) is 0 Å². The van der Waals surface area contributed by atoms with Gasteiger partial charge >= 0.3 is 5.97 Å². The van der Waals surface area contributed by atoms with Crippen LogP contribution in [0.1, 0.15) is 310 Å². The summed E-state index contributed by atoms with van der Waals surface area (Å²) >= 11 is 0. The maximum atomic E-state index is 13.4. The molecule has 0 spiro atoms. The number of carbonyl (C=O) groups excluding carboxylic acids is 2. The minimum absolute atomic E-state index is 0.106. The van der Waals surface area contributed by atoms with Gasteiger partial charge in [0.25, 0.3) is 0 Å². The highest BCUT2D eigenvalue weighted by Crippen LogP contribution is 2.26. The van der Waals surface area contributed by atoms with Crippen LogP contribution in [0, 0.1) is 0 Å². The molecule has 0 bridgehead atoms. The second-order valence-corrected chi connectivity index (χ2v) is 22.8. The summed E-state index contributed by atoms with van der Waals surface area (Å²) in [6.45, 7) is 5.80. The largest absolute Gasteiger partial charge is 0.454 e. The molecule has 1 aliphatic rings. The predicted octanol–water partition coefficient (Wildman–Crippen LogP) is 15.8. The smallest absolute Gasteiger partial charge is 0.306 e. The first kappa shape index (κ1) is 72.9. The number of carbonyl (C=O) groups is 2. The van der Waals surface area contributed by atoms with E-state index in [1.54, 1.807) is 6.08 Å². The van der Waals surface area contributed by atoms with E-state index in [2.05, 4.69) is 50.4 Å². The van der Waals surface area contributed by atoms with Crippen molar-refractivity contribution in [1.29, 1.82) is 0 Å². The third-order valence-corrected chi connectivity index (χ3v) is 15.5. The van der Waals surface area contributed by atoms with Crippen molar-refractivity contribution in [3.63, 3.8) is 0 Å². The predicted molar refractivity (Wildman–Crippen MR) is 320 cm³/mol. The number of rotatable bonds is 56. The second kappa shape index (κ2) is 54.5. The van der Waals surface area contributed by atoms with Crippen molar-refractivity contribution in [3.05, 3.63) is 36.5 Å². The third kappa shape index (κ3) is 42.4. The quantitative estimate of drug-likeness (QED) is 0.0195. The molecule has 452 valence electrons. The molecule has 11 heteroatoms. The third-order valence-electron chi connectivity index (χ3n) is 15.5. The number of hydrogen-bond donors (Lipinski definition) is 6. The summed E-state index contributed by atoms with van der Waals surface area (Å²) in [4.78, 5) is 26.5. The summed E-state index contributed by atoms with van der Waals surface area (Å²) in [5, 5.41) is 57.0. The monoisotopic (exact) mass is 1090 g/mol. The van der Waals surface area contributed by atoms with Gasteiger partial charge in [0, 0.05) is 6.42 Å². The highest BCUT2D eigenvalue weighted by molar-refractivity contribution is 5.80. The van der Waals surface area contributed by atoms with Crippen LogP contribution < -0.4 is 5.32 Å². The van der Waals surface area contributed by atoms with Crippen LogP contribution in [-0.2, 0) is 23.8 Å². The number of aliphatic hydroxyl groups is 5. The number of nitrogens with one attached hydrogen (secondary N) is 1. The molecule has 0 saturated carbocycles. The number of hydrogen-bond acceptors (Lipinski definition) is 10. The Labute approximate surface area is 473 Å². The Balaban J connectivity index is 2.62. The van der Waals surface area contributed by atoms with E-state index in [4.69, 9.17) is 14.2 Å². The van der Waals surface area contributed by atoms with Crippen LogP contribution in [0.5, 0.6) is 0 Å². The number of unbranched alkanes of at least 4 members (excludes halogenated alkanes) is 38. The van der Waals surface area contributed by atoms with Crippen molar-refractivity contribution in [2.45, 2.75) is 359 Å². The van der Waals surface area contributed by atoms with Gasteiger partial charge in [-0.25, -0.2) is 0 Å². The first-order chi connectivity index (χ1) is 37.7. The van der Waals surface area contributed by atoms with E-state index in [1.165, 1.54) is 199 Å². The average Bonchev–Trinajstić information content (AvgIpc) is 3.43. The maximum absolute atomic E-state index is 13.4. The van der Waals surface area contributed by atoms with Gasteiger partial charge in [0.15, 0.2) is 12.4 Å². The lowest BCUT2D eigenvalue weighted by atomic mass is 9.99. The summed E-state index contributed by atoms with van der Waals surface area (Å²) in [5.74, 6) is -1.20. The van der Waals surface area contributed by atoms with E-state index in [0.29, 0.717) is 19.3 Å². The van der Waals surface area contributed by atoms with Crippen molar-refractivity contribution < 1.29 is 49.3 Å². The summed E-state index contributed by atoms with van der Waals surface area (Å²) < 4.78 is 17.6. The number of ether oxygens (including phenoxy) is 3. The highest BCUT2D eigenvalue weighted by atomic mass is 16.7. The SMILES string of the molecule is CCCCCCCC/C=C/CCCCCCCCCCCCCCC(O)C(=O)NC(COC1OC(CO)C(O)C(O)C1OC(=O)CCCCC/C=C\CCCCCCCCC)C(O)/C=C/CCCCCCCCCCCC. The Morgan fingerprint density at radius 1 is 0.494 bits per heavy atom. The van der Waals surface area contributed by atoms with Crippen molar-refractivity contribution >= 4 is 11.9 Å². The number of esters is 1. The molecule has 1 fully saturated rings. The number of amides is 1. The molecule has 0 aromatic carbocycles. The highest BCUT2D eigenvalue weighted by Gasteiger charge is 2.47. The van der Waals surface area contributed by atoms with Crippen molar-refractivity contribution in [1.82, 2.24) is 5.32 Å². The van der Waals surface area contributed by atoms with E-state index in [1.807, 2.05) is 6.08 Å². The van der Waals surface area contributed by atoms with Crippen LogP contribution >= 0.6 is 0 Å². The average molecular weight is 1090 g/mol. The second-order valence-electron chi connectivity index (χ2n) is 22.8. The molecule has 11 nitrogen and oxygen atoms in total. The lowest BCUT2D eigenvalue weighted by Crippen LogP contribution is -2.61. The molecule has 8 atom stereocenters. The molecule has 0 radical (unpaired) electrons. The van der Waals surface area contributed by atoms with Gasteiger partial charge in [-0.1, -0.05) is 263 Å². The van der Waals surface area contributed by atoms with Gasteiger partial charge < -0.3 is 45.1 Å². The first-order valence-corrected chi connectivity index (χ1v) is 32.8. The van der Waals surface area contributed by atoms with Crippen molar-refractivity contribution in [3.8, 4) is 0 Å². The Morgan fingerprint density at radius 2 is 0.857 bits per heavy atom. The van der Waals surface area contributed by atoms with Gasteiger partial charge in [0.05, 0.1) is 25.4 Å². The molecule has 77 heavy (non-hydrogen) atoms. The molecule has 1 heterocycles. The van der Waals surface area contributed by atoms with Crippen LogP contribution in [0.15, 0.2) is 36.5 Å². The number of allylic oxidation sites excluding steroid dienone is 5. The molecule has 0 aromatic rings. The van der Waals surface area contributed by atoms with E-state index in [-0.39, 0.29) is 13.0 Å². The van der Waals surface area contributed by atoms with Gasteiger partial charge in [-0.2, -0.15) is 0 Å². The fourth-order valence-electron chi connectivity index (χ4n) is 10.3. The van der Waals surface area contributed by atoms with Crippen LogP contribution in [0.25, 0.3) is 0 Å². The van der Waals surface area contributed by atoms with E-state index in [0.717, 1.165) is 64.2 Å². The van der Waals surface area contributed by atoms with Crippen LogP contribution in [-0.4, -0.2) is 99.6 Å². The van der Waals surface area contributed by atoms with Gasteiger partial charge in [0.2, 0.25) is 5.91 Å². The lowest BCUT2D eigenvalue weighted by molar-refractivity contribution is -0.305. The molecule has 0 aliphatic carbocycles. The normalized spacial score (nSPS) is 19.2. The zero-order valence-electron chi connectivity index (χ0n) is 50.1. The molecule has 6 N–H and O–H groups in total. The molecule has 8 unspecified atom stereocenters. The molecule has 0 aromatic heterocycles. The lowest BCUT2D eigenvalue weighted by Gasteiger charge is -2.41. The van der Waals surface area contributed by atoms with Gasteiger partial charge in [0.1, 0.15) is 24.4 Å². The van der Waals surface area contributed by atoms with Crippen LogP contribution in [0.4, 0.5) is 0 Å². The number of aliphatic hydroxyl groups excluding tert-OH is 5.